The first-order valence-corrected chi connectivity index (χ1v) is 18.6. The predicted octanol–water partition coefficient (Wildman–Crippen LogP) is 4.55. The highest BCUT2D eigenvalue weighted by molar-refractivity contribution is 8.04. The standard InChI is InChI=1S/C38H38N8O6S2/c1-37(2,3)52-34(49)31-28(20-40-44-35(39)50)53-22-27-30(33(48)46(27)31)42-32(47)29(45-51-4)26-21-54-36(41-26)43-38(23-14-8-5-9-15-23,24-16-10-6-11-17-24)25-18-12-7-13-19-25/h5-21,27,30H,22H2,1-4H3,(H,41,43)(H,42,47)(H3,39,44,50). The lowest BCUT2D eigenvalue weighted by atomic mass is 9.77. The van der Waals surface area contributed by atoms with Gasteiger partial charge in [-0.1, -0.05) is 96.2 Å². The number of carbonyl (C=O) groups excluding carboxylic acids is 4. The second-order valence-electron chi connectivity index (χ2n) is 13.1. The highest BCUT2D eigenvalue weighted by Crippen LogP contribution is 2.41. The normalized spacial score (nSPS) is 17.4. The van der Waals surface area contributed by atoms with E-state index in [-0.39, 0.29) is 22.0 Å². The maximum absolute atomic E-state index is 13.9. The van der Waals surface area contributed by atoms with Gasteiger partial charge in [0, 0.05) is 11.1 Å². The van der Waals surface area contributed by atoms with E-state index in [2.05, 4.69) is 26.3 Å². The number of nitrogens with one attached hydrogen (secondary N) is 3. The molecule has 2 aliphatic heterocycles. The van der Waals surface area contributed by atoms with E-state index < -0.39 is 47.0 Å². The molecule has 2 atom stereocenters. The number of anilines is 1. The number of amides is 4. The van der Waals surface area contributed by atoms with Crippen molar-refractivity contribution in [1.82, 2.24) is 20.6 Å². The van der Waals surface area contributed by atoms with E-state index >= 15 is 0 Å². The van der Waals surface area contributed by atoms with Gasteiger partial charge in [0.05, 0.1) is 17.2 Å². The molecule has 0 spiro atoms. The Bertz CT molecular complexity index is 2020. The minimum atomic E-state index is -0.996. The van der Waals surface area contributed by atoms with E-state index in [1.165, 1.54) is 41.3 Å². The van der Waals surface area contributed by atoms with E-state index in [4.69, 9.17) is 20.3 Å². The lowest BCUT2D eigenvalue weighted by Gasteiger charge is -2.49. The highest BCUT2D eigenvalue weighted by atomic mass is 32.2. The fourth-order valence-corrected chi connectivity index (χ4v) is 8.06. The van der Waals surface area contributed by atoms with Gasteiger partial charge in [-0.05, 0) is 37.5 Å². The number of rotatable bonds is 12. The van der Waals surface area contributed by atoms with E-state index in [9.17, 15) is 19.2 Å². The lowest BCUT2D eigenvalue weighted by molar-refractivity contribution is -0.160. The molecule has 0 radical (unpaired) electrons. The van der Waals surface area contributed by atoms with Crippen molar-refractivity contribution in [1.29, 1.82) is 0 Å². The first-order valence-electron chi connectivity index (χ1n) is 16.8. The average Bonchev–Trinajstić information content (AvgIpc) is 3.62. The Balaban J connectivity index is 1.27. The van der Waals surface area contributed by atoms with Crippen LogP contribution < -0.4 is 21.8 Å². The summed E-state index contributed by atoms with van der Waals surface area (Å²) in [6.45, 7) is 5.09. The molecule has 1 aromatic heterocycles. The first kappa shape index (κ1) is 37.7. The number of allylic oxidation sites excluding steroid dienone is 1. The summed E-state index contributed by atoms with van der Waals surface area (Å²) in [6.07, 6.45) is 1.23. The summed E-state index contributed by atoms with van der Waals surface area (Å²) in [6, 6.07) is 27.6. The van der Waals surface area contributed by atoms with Gasteiger partial charge in [0.2, 0.25) is 0 Å². The van der Waals surface area contributed by atoms with Crippen LogP contribution in [0.3, 0.4) is 0 Å². The van der Waals surface area contributed by atoms with Crippen LogP contribution in [0.25, 0.3) is 0 Å². The smallest absolute Gasteiger partial charge is 0.356 e. The van der Waals surface area contributed by atoms with Crippen molar-refractivity contribution < 1.29 is 28.8 Å². The number of carbonyl (C=O) groups is 4. The number of nitrogens with zero attached hydrogens (tertiary/aromatic N) is 4. The van der Waals surface area contributed by atoms with Crippen LogP contribution in [-0.4, -0.2) is 76.2 Å². The van der Waals surface area contributed by atoms with Gasteiger partial charge in [0.25, 0.3) is 11.8 Å². The van der Waals surface area contributed by atoms with Gasteiger partial charge in [0.15, 0.2) is 10.8 Å². The summed E-state index contributed by atoms with van der Waals surface area (Å²) in [7, 11) is 1.31. The molecule has 0 saturated carbocycles. The molecular weight excluding hydrogens is 729 g/mol. The molecule has 54 heavy (non-hydrogen) atoms. The summed E-state index contributed by atoms with van der Waals surface area (Å²) in [4.78, 5) is 63.4. The second kappa shape index (κ2) is 15.9. The number of thiazole rings is 1. The third-order valence-electron chi connectivity index (χ3n) is 8.40. The number of esters is 1. The lowest BCUT2D eigenvalue weighted by Crippen LogP contribution is -2.73. The Kier molecular flexibility index (Phi) is 11.1. The number of primary amides is 1. The maximum atomic E-state index is 13.9. The van der Waals surface area contributed by atoms with Gasteiger partial charge in [-0.25, -0.2) is 20.0 Å². The molecule has 3 heterocycles. The van der Waals surface area contributed by atoms with Crippen LogP contribution in [0.15, 0.2) is 117 Å². The largest absolute Gasteiger partial charge is 0.455 e. The Labute approximate surface area is 319 Å². The zero-order valence-corrected chi connectivity index (χ0v) is 31.4. The van der Waals surface area contributed by atoms with E-state index in [0.717, 1.165) is 16.7 Å². The van der Waals surface area contributed by atoms with E-state index in [0.29, 0.717) is 10.9 Å². The van der Waals surface area contributed by atoms with Gasteiger partial charge >= 0.3 is 12.0 Å². The first-order chi connectivity index (χ1) is 25.9. The molecule has 1 saturated heterocycles. The van der Waals surface area contributed by atoms with Crippen LogP contribution in [0.1, 0.15) is 43.2 Å². The number of hydrogen-bond acceptors (Lipinski definition) is 12. The maximum Gasteiger partial charge on any atom is 0.356 e. The molecule has 278 valence electrons. The van der Waals surface area contributed by atoms with Gasteiger partial charge in [-0.3, -0.25) is 14.5 Å². The number of ether oxygens (including phenoxy) is 1. The Morgan fingerprint density at radius 3 is 2.04 bits per heavy atom. The molecule has 4 aromatic rings. The molecule has 14 nitrogen and oxygen atoms in total. The van der Waals surface area contributed by atoms with Crippen molar-refractivity contribution in [2.24, 2.45) is 16.0 Å². The Morgan fingerprint density at radius 2 is 1.52 bits per heavy atom. The number of aromatic nitrogens is 1. The van der Waals surface area contributed by atoms with Crippen LogP contribution in [0.4, 0.5) is 9.93 Å². The molecule has 0 bridgehead atoms. The molecule has 3 aromatic carbocycles. The SMILES string of the molecule is CON=C(C(=O)NC1C(=O)N2C(C(=O)OC(C)(C)C)=C(C=NNC(N)=O)SCC12)c1csc(NC(c2ccccc2)(c2ccccc2)c2ccccc2)n1. The van der Waals surface area contributed by atoms with Crippen LogP contribution in [0.2, 0.25) is 0 Å². The van der Waals surface area contributed by atoms with Crippen LogP contribution >= 0.6 is 23.1 Å². The fraction of sp³-hybridized carbons (Fsp3) is 0.237. The zero-order chi connectivity index (χ0) is 38.5. The van der Waals surface area contributed by atoms with E-state index in [1.807, 2.05) is 91.0 Å². The van der Waals surface area contributed by atoms with Gasteiger partial charge in [0.1, 0.15) is 35.7 Å². The molecule has 2 aliphatic rings. The minimum absolute atomic E-state index is 0.0589. The summed E-state index contributed by atoms with van der Waals surface area (Å²) in [5.41, 5.74) is 8.40. The van der Waals surface area contributed by atoms with E-state index in [1.54, 1.807) is 26.2 Å². The quantitative estimate of drug-likeness (QED) is 0.0527. The summed E-state index contributed by atoms with van der Waals surface area (Å²) < 4.78 is 5.59. The summed E-state index contributed by atoms with van der Waals surface area (Å²) in [5.74, 6) is -1.71. The number of β-lactam (4-membered cyclic amide) rings is 1. The van der Waals surface area contributed by atoms with Crippen LogP contribution in [0.5, 0.6) is 0 Å². The molecule has 4 amide bonds. The van der Waals surface area contributed by atoms with Crippen molar-refractivity contribution >= 4 is 64.0 Å². The monoisotopic (exact) mass is 766 g/mol. The van der Waals surface area contributed by atoms with Gasteiger partial charge in [-0.15, -0.1) is 23.1 Å². The van der Waals surface area contributed by atoms with Crippen molar-refractivity contribution in [2.45, 2.75) is 44.0 Å². The molecular formula is C38H38N8O6S2. The number of benzene rings is 3. The molecule has 0 aliphatic carbocycles. The van der Waals surface area contributed by atoms with Crippen LogP contribution in [-0.2, 0) is 29.5 Å². The summed E-state index contributed by atoms with van der Waals surface area (Å²) in [5, 5.41) is 16.4. The molecule has 2 unspecified atom stereocenters. The van der Waals surface area contributed by atoms with Gasteiger partial charge < -0.3 is 25.9 Å². The van der Waals surface area contributed by atoms with Crippen molar-refractivity contribution in [3.05, 3.63) is 129 Å². The van der Waals surface area contributed by atoms with Gasteiger partial charge in [-0.2, -0.15) is 5.10 Å². The number of hydrogen-bond donors (Lipinski definition) is 4. The molecule has 5 N–H and O–H groups in total. The third kappa shape index (κ3) is 7.84. The highest BCUT2D eigenvalue weighted by Gasteiger charge is 2.54. The number of fused-ring (bicyclic) bond motifs is 1. The topological polar surface area (TPSA) is 190 Å². The number of nitrogens with two attached hydrogens (primary N) is 1. The third-order valence-corrected chi connectivity index (χ3v) is 10.3. The summed E-state index contributed by atoms with van der Waals surface area (Å²) >= 11 is 2.49. The minimum Gasteiger partial charge on any atom is -0.455 e. The van der Waals surface area contributed by atoms with Crippen LogP contribution in [0, 0.1) is 0 Å². The number of urea groups is 1. The van der Waals surface area contributed by atoms with Crippen molar-refractivity contribution in [2.75, 3.05) is 18.2 Å². The van der Waals surface area contributed by atoms with Crippen molar-refractivity contribution in [3.63, 3.8) is 0 Å². The second-order valence-corrected chi connectivity index (χ2v) is 15.0. The number of hydrazone groups is 1. The molecule has 1 fully saturated rings. The number of oxime groups is 1. The number of thioether (sulfide) groups is 1. The Hall–Kier alpha value is -6.00. The molecule has 16 heteroatoms. The average molecular weight is 767 g/mol. The fourth-order valence-electron chi connectivity index (χ4n) is 6.18. The zero-order valence-electron chi connectivity index (χ0n) is 29.8. The predicted molar refractivity (Wildman–Crippen MR) is 208 cm³/mol. The Morgan fingerprint density at radius 1 is 0.944 bits per heavy atom. The molecule has 6 rings (SSSR count). The van der Waals surface area contributed by atoms with Crippen molar-refractivity contribution in [3.8, 4) is 0 Å².